The minimum absolute atomic E-state index is 0.464. The Bertz CT molecular complexity index is 550. The van der Waals surface area contributed by atoms with Crippen molar-refractivity contribution in [3.63, 3.8) is 0 Å². The maximum atomic E-state index is 9.42. The van der Waals surface area contributed by atoms with E-state index >= 15 is 0 Å². The molecular formula is C15H17NO3. The molecule has 1 atom stereocenters. The summed E-state index contributed by atoms with van der Waals surface area (Å²) in [7, 11) is 1.60. The van der Waals surface area contributed by atoms with Gasteiger partial charge in [0.05, 0.1) is 13.2 Å². The fraction of sp³-hybridized carbons (Fsp3) is 0.267. The summed E-state index contributed by atoms with van der Waals surface area (Å²) in [6, 6.07) is 9.20. The van der Waals surface area contributed by atoms with E-state index in [1.807, 2.05) is 25.1 Å². The number of hydrogen-bond donors (Lipinski definition) is 1. The van der Waals surface area contributed by atoms with E-state index in [1.165, 1.54) is 0 Å². The first-order chi connectivity index (χ1) is 9.10. The Morgan fingerprint density at radius 3 is 2.53 bits per heavy atom. The van der Waals surface area contributed by atoms with Crippen molar-refractivity contribution in [1.29, 1.82) is 0 Å². The lowest BCUT2D eigenvalue weighted by molar-refractivity contribution is 0.198. The molecule has 0 amide bonds. The zero-order valence-corrected chi connectivity index (χ0v) is 11.3. The van der Waals surface area contributed by atoms with Crippen LogP contribution in [0.3, 0.4) is 0 Å². The lowest BCUT2D eigenvalue weighted by atomic mass is 10.2. The molecule has 0 fully saturated rings. The van der Waals surface area contributed by atoms with Gasteiger partial charge in [-0.05, 0) is 43.2 Å². The summed E-state index contributed by atoms with van der Waals surface area (Å²) in [6.45, 7) is 3.68. The molecule has 2 aromatic rings. The Morgan fingerprint density at radius 2 is 1.95 bits per heavy atom. The summed E-state index contributed by atoms with van der Waals surface area (Å²) < 4.78 is 10.9. The van der Waals surface area contributed by atoms with Crippen LogP contribution in [-0.4, -0.2) is 17.2 Å². The maximum absolute atomic E-state index is 9.42. The number of benzene rings is 1. The van der Waals surface area contributed by atoms with Crippen molar-refractivity contribution in [1.82, 2.24) is 4.98 Å². The third-order valence-corrected chi connectivity index (χ3v) is 2.78. The van der Waals surface area contributed by atoms with Gasteiger partial charge < -0.3 is 14.6 Å². The van der Waals surface area contributed by atoms with Crippen molar-refractivity contribution in [2.45, 2.75) is 20.0 Å². The largest absolute Gasteiger partial charge is 0.493 e. The lowest BCUT2D eigenvalue weighted by Gasteiger charge is -2.11. The highest BCUT2D eigenvalue weighted by Crippen LogP contribution is 2.31. The first-order valence-electron chi connectivity index (χ1n) is 6.06. The first-order valence-corrected chi connectivity index (χ1v) is 6.06. The smallest absolute Gasteiger partial charge is 0.219 e. The van der Waals surface area contributed by atoms with E-state index in [-0.39, 0.29) is 0 Å². The van der Waals surface area contributed by atoms with Gasteiger partial charge in [0.15, 0.2) is 11.5 Å². The van der Waals surface area contributed by atoms with Crippen LogP contribution in [0.15, 0.2) is 36.5 Å². The monoisotopic (exact) mass is 259 g/mol. The van der Waals surface area contributed by atoms with E-state index < -0.39 is 6.10 Å². The van der Waals surface area contributed by atoms with Crippen LogP contribution < -0.4 is 9.47 Å². The average molecular weight is 259 g/mol. The zero-order chi connectivity index (χ0) is 13.8. The van der Waals surface area contributed by atoms with Gasteiger partial charge in [0.1, 0.15) is 0 Å². The minimum Gasteiger partial charge on any atom is -0.493 e. The average Bonchev–Trinajstić information content (AvgIpc) is 2.41. The van der Waals surface area contributed by atoms with E-state index in [0.29, 0.717) is 17.4 Å². The molecule has 0 aliphatic rings. The van der Waals surface area contributed by atoms with Crippen LogP contribution in [0.1, 0.15) is 24.2 Å². The number of nitrogens with zero attached hydrogens (tertiary/aromatic N) is 1. The number of pyridine rings is 1. The van der Waals surface area contributed by atoms with Crippen molar-refractivity contribution < 1.29 is 14.6 Å². The number of aryl methyl sites for hydroxylation is 1. The van der Waals surface area contributed by atoms with Crippen LogP contribution in [0, 0.1) is 6.92 Å². The van der Waals surface area contributed by atoms with E-state index in [0.717, 1.165) is 11.1 Å². The van der Waals surface area contributed by atoms with Crippen molar-refractivity contribution in [2.24, 2.45) is 0 Å². The Balaban J connectivity index is 2.21. The summed E-state index contributed by atoms with van der Waals surface area (Å²) in [5, 5.41) is 9.42. The Kier molecular flexibility index (Phi) is 4.02. The van der Waals surface area contributed by atoms with Gasteiger partial charge in [0.2, 0.25) is 5.88 Å². The molecule has 4 heteroatoms. The third kappa shape index (κ3) is 3.23. The molecule has 2 rings (SSSR count). The van der Waals surface area contributed by atoms with Gasteiger partial charge in [-0.25, -0.2) is 4.98 Å². The fourth-order valence-electron chi connectivity index (χ4n) is 1.67. The zero-order valence-electron chi connectivity index (χ0n) is 11.3. The van der Waals surface area contributed by atoms with E-state index in [4.69, 9.17) is 9.47 Å². The number of aliphatic hydroxyl groups is 1. The maximum Gasteiger partial charge on any atom is 0.219 e. The van der Waals surface area contributed by atoms with Crippen LogP contribution in [0.4, 0.5) is 0 Å². The molecule has 0 bridgehead atoms. The Hall–Kier alpha value is -2.07. The summed E-state index contributed by atoms with van der Waals surface area (Å²) in [4.78, 5) is 4.16. The minimum atomic E-state index is -0.532. The number of aromatic nitrogens is 1. The molecular weight excluding hydrogens is 242 g/mol. The molecule has 0 unspecified atom stereocenters. The molecule has 0 saturated heterocycles. The van der Waals surface area contributed by atoms with E-state index in [9.17, 15) is 5.11 Å². The predicted molar refractivity (Wildman–Crippen MR) is 72.7 cm³/mol. The molecule has 0 aliphatic carbocycles. The number of hydrogen-bond acceptors (Lipinski definition) is 4. The van der Waals surface area contributed by atoms with Crippen LogP contribution in [0.25, 0.3) is 0 Å². The molecule has 0 aliphatic heterocycles. The van der Waals surface area contributed by atoms with Crippen molar-refractivity contribution in [3.05, 3.63) is 47.7 Å². The first kappa shape index (κ1) is 13.4. The molecule has 0 radical (unpaired) electrons. The Morgan fingerprint density at radius 1 is 1.16 bits per heavy atom. The normalized spacial score (nSPS) is 12.0. The Labute approximate surface area is 112 Å². The summed E-state index contributed by atoms with van der Waals surface area (Å²) in [6.07, 6.45) is 1.07. The van der Waals surface area contributed by atoms with Crippen molar-refractivity contribution in [3.8, 4) is 17.4 Å². The van der Waals surface area contributed by atoms with Gasteiger partial charge in [-0.15, -0.1) is 0 Å². The third-order valence-electron chi connectivity index (χ3n) is 2.78. The van der Waals surface area contributed by atoms with Gasteiger partial charge in [-0.2, -0.15) is 0 Å². The van der Waals surface area contributed by atoms with Gasteiger partial charge in [0, 0.05) is 12.3 Å². The second kappa shape index (κ2) is 5.71. The van der Waals surface area contributed by atoms with Crippen molar-refractivity contribution >= 4 is 0 Å². The molecule has 0 spiro atoms. The predicted octanol–water partition coefficient (Wildman–Crippen LogP) is 3.24. The van der Waals surface area contributed by atoms with Gasteiger partial charge in [0.25, 0.3) is 0 Å². The molecule has 1 heterocycles. The highest BCUT2D eigenvalue weighted by Gasteiger charge is 2.07. The second-order valence-corrected chi connectivity index (χ2v) is 4.36. The molecule has 4 nitrogen and oxygen atoms in total. The molecule has 0 saturated carbocycles. The van der Waals surface area contributed by atoms with Crippen LogP contribution >= 0.6 is 0 Å². The summed E-state index contributed by atoms with van der Waals surface area (Å²) in [5.74, 6) is 1.75. The molecule has 1 aromatic carbocycles. The standard InChI is InChI=1S/C15H17NO3/c1-10-4-6-13(14(8-10)18-3)19-15-7-5-12(9-16-15)11(2)17/h4-9,11,17H,1-3H3/t11-/m1/s1. The molecule has 1 aromatic heterocycles. The lowest BCUT2D eigenvalue weighted by Crippen LogP contribution is -1.95. The number of methoxy groups -OCH3 is 1. The van der Waals surface area contributed by atoms with Gasteiger partial charge in [-0.3, -0.25) is 0 Å². The number of aliphatic hydroxyl groups excluding tert-OH is 1. The van der Waals surface area contributed by atoms with Gasteiger partial charge in [-0.1, -0.05) is 6.07 Å². The van der Waals surface area contributed by atoms with E-state index in [1.54, 1.807) is 32.4 Å². The quantitative estimate of drug-likeness (QED) is 0.915. The molecule has 100 valence electrons. The van der Waals surface area contributed by atoms with Crippen LogP contribution in [-0.2, 0) is 0 Å². The van der Waals surface area contributed by atoms with E-state index in [2.05, 4.69) is 4.98 Å². The number of ether oxygens (including phenoxy) is 2. The molecule has 19 heavy (non-hydrogen) atoms. The highest BCUT2D eigenvalue weighted by atomic mass is 16.5. The van der Waals surface area contributed by atoms with Crippen molar-refractivity contribution in [2.75, 3.05) is 7.11 Å². The highest BCUT2D eigenvalue weighted by molar-refractivity contribution is 5.44. The van der Waals surface area contributed by atoms with Gasteiger partial charge >= 0.3 is 0 Å². The fourth-order valence-corrected chi connectivity index (χ4v) is 1.67. The molecule has 1 N–H and O–H groups in total. The SMILES string of the molecule is COc1cc(C)ccc1Oc1ccc([C@@H](C)O)cn1. The topological polar surface area (TPSA) is 51.6 Å². The summed E-state index contributed by atoms with van der Waals surface area (Å²) in [5.41, 5.74) is 1.85. The van der Waals surface area contributed by atoms with Crippen LogP contribution in [0.5, 0.6) is 17.4 Å². The number of rotatable bonds is 4. The second-order valence-electron chi connectivity index (χ2n) is 4.36. The summed E-state index contributed by atoms with van der Waals surface area (Å²) >= 11 is 0. The van der Waals surface area contributed by atoms with Crippen LogP contribution in [0.2, 0.25) is 0 Å².